The highest BCUT2D eigenvalue weighted by Crippen LogP contribution is 2.57. The van der Waals surface area contributed by atoms with Gasteiger partial charge in [0.1, 0.15) is 35.7 Å². The maximum Gasteiger partial charge on any atom is 0.475 e. The smallest absolute Gasteiger partial charge is 0.475 e. The molecule has 0 saturated carbocycles. The molecule has 2 fully saturated rings. The first kappa shape index (κ1) is 24.7. The molecule has 38 heavy (non-hydrogen) atoms. The van der Waals surface area contributed by atoms with Crippen molar-refractivity contribution in [3.8, 4) is 11.5 Å². The van der Waals surface area contributed by atoms with Crippen LogP contribution in [0.25, 0.3) is 22.1 Å². The van der Waals surface area contributed by atoms with Gasteiger partial charge in [0.05, 0.1) is 33.8 Å². The minimum atomic E-state index is -4.17. The van der Waals surface area contributed by atoms with Crippen molar-refractivity contribution in [2.45, 2.75) is 31.1 Å². The first-order chi connectivity index (χ1) is 18.3. The van der Waals surface area contributed by atoms with E-state index < -0.39 is 38.0 Å². The number of methoxy groups -OCH3 is 2. The number of fused-ring (bicyclic) bond motifs is 3. The number of aromatic nitrogens is 4. The van der Waals surface area contributed by atoms with Gasteiger partial charge < -0.3 is 29.5 Å². The lowest BCUT2D eigenvalue weighted by Gasteiger charge is -2.30. The Morgan fingerprint density at radius 2 is 1.97 bits per heavy atom. The molecule has 0 aliphatic carbocycles. The van der Waals surface area contributed by atoms with Crippen molar-refractivity contribution in [1.82, 2.24) is 19.5 Å². The van der Waals surface area contributed by atoms with E-state index in [1.54, 1.807) is 6.07 Å². The SMILES string of the molecule is COc1cc2oc(=O)cc(COP3(=O)OC[C@H]4O[C@@H](n5cnc6c(N)ncnc65)[C@H](O)[C@@H]4O3)c2cc1OC. The molecule has 5 atom stereocenters. The highest BCUT2D eigenvalue weighted by molar-refractivity contribution is 7.48. The molecule has 0 spiro atoms. The molecular weight excluding hydrogens is 525 g/mol. The van der Waals surface area contributed by atoms with E-state index in [2.05, 4.69) is 15.0 Å². The molecule has 1 aromatic carbocycles. The van der Waals surface area contributed by atoms with Crippen LogP contribution in [0.15, 0.2) is 40.1 Å². The molecule has 200 valence electrons. The van der Waals surface area contributed by atoms with Crippen LogP contribution >= 0.6 is 7.82 Å². The molecule has 3 N–H and O–H groups in total. The number of hydrogen-bond donors (Lipinski definition) is 2. The fourth-order valence-corrected chi connectivity index (χ4v) is 5.89. The third-order valence-corrected chi connectivity index (χ3v) is 7.74. The van der Waals surface area contributed by atoms with E-state index >= 15 is 0 Å². The summed E-state index contributed by atoms with van der Waals surface area (Å²) < 4.78 is 53.2. The largest absolute Gasteiger partial charge is 0.493 e. The number of imidazole rings is 1. The van der Waals surface area contributed by atoms with E-state index in [0.29, 0.717) is 33.6 Å². The molecule has 2 saturated heterocycles. The number of phosphoric acid groups is 1. The summed E-state index contributed by atoms with van der Waals surface area (Å²) in [5, 5.41) is 11.5. The lowest BCUT2D eigenvalue weighted by atomic mass is 10.1. The van der Waals surface area contributed by atoms with E-state index in [-0.39, 0.29) is 24.6 Å². The van der Waals surface area contributed by atoms with Crippen molar-refractivity contribution in [1.29, 1.82) is 0 Å². The van der Waals surface area contributed by atoms with Crippen LogP contribution in [0.1, 0.15) is 11.8 Å². The number of anilines is 1. The van der Waals surface area contributed by atoms with Crippen molar-refractivity contribution in [2.75, 3.05) is 26.6 Å². The van der Waals surface area contributed by atoms with Crippen molar-refractivity contribution in [3.63, 3.8) is 0 Å². The van der Waals surface area contributed by atoms with Crippen LogP contribution in [0, 0.1) is 0 Å². The Kier molecular flexibility index (Phi) is 6.06. The predicted octanol–water partition coefficient (Wildman–Crippen LogP) is 1.53. The maximum absolute atomic E-state index is 13.4. The number of phosphoric ester groups is 1. The van der Waals surface area contributed by atoms with E-state index in [1.807, 2.05) is 0 Å². The van der Waals surface area contributed by atoms with Crippen LogP contribution < -0.4 is 20.8 Å². The Balaban J connectivity index is 1.23. The van der Waals surface area contributed by atoms with Crippen LogP contribution in [0.5, 0.6) is 11.5 Å². The molecule has 1 unspecified atom stereocenters. The zero-order valence-corrected chi connectivity index (χ0v) is 20.9. The lowest BCUT2D eigenvalue weighted by Crippen LogP contribution is -2.39. The number of aliphatic hydroxyl groups excluding tert-OH is 1. The number of benzene rings is 1. The van der Waals surface area contributed by atoms with Gasteiger partial charge in [0.25, 0.3) is 0 Å². The van der Waals surface area contributed by atoms with Crippen molar-refractivity contribution in [3.05, 3.63) is 46.8 Å². The molecule has 0 amide bonds. The standard InChI is InChI=1S/C22H22N5O10P/c1-31-13-4-11-10(3-16(28)35-12(11)5-14(13)32-2)6-33-38(30)34-7-15-19(37-38)18(29)22(36-15)27-9-26-17-20(23)24-8-25-21(17)27/h3-5,8-9,15,18-19,22,29H,6-7H2,1-2H3,(H2,23,24,25)/t15-,18-,19-,22-,38?/m1/s1. The Hall–Kier alpha value is -3.59. The van der Waals surface area contributed by atoms with E-state index in [0.717, 1.165) is 0 Å². The van der Waals surface area contributed by atoms with Gasteiger partial charge in [-0.25, -0.2) is 24.3 Å². The third-order valence-electron chi connectivity index (χ3n) is 6.33. The Morgan fingerprint density at radius 1 is 1.18 bits per heavy atom. The summed E-state index contributed by atoms with van der Waals surface area (Å²) >= 11 is 0. The second-order valence-electron chi connectivity index (χ2n) is 8.52. The van der Waals surface area contributed by atoms with Crippen LogP contribution in [0.3, 0.4) is 0 Å². The Morgan fingerprint density at radius 3 is 2.76 bits per heavy atom. The van der Waals surface area contributed by atoms with Crippen LogP contribution in [0.4, 0.5) is 5.82 Å². The first-order valence-electron chi connectivity index (χ1n) is 11.3. The van der Waals surface area contributed by atoms with Crippen molar-refractivity contribution >= 4 is 35.8 Å². The van der Waals surface area contributed by atoms with E-state index in [4.69, 9.17) is 37.9 Å². The maximum atomic E-state index is 13.4. The van der Waals surface area contributed by atoms with Gasteiger partial charge in [-0.05, 0) is 11.6 Å². The number of ether oxygens (including phenoxy) is 3. The number of rotatable bonds is 6. The summed E-state index contributed by atoms with van der Waals surface area (Å²) in [5.41, 5.74) is 6.46. The topological polar surface area (TPSA) is 193 Å². The first-order valence-corrected chi connectivity index (χ1v) is 12.8. The van der Waals surface area contributed by atoms with Crippen LogP contribution in [0.2, 0.25) is 0 Å². The molecule has 2 aliphatic rings. The summed E-state index contributed by atoms with van der Waals surface area (Å²) in [6.07, 6.45) is -1.35. The van der Waals surface area contributed by atoms with Gasteiger partial charge in [0, 0.05) is 17.5 Å². The fourth-order valence-electron chi connectivity index (χ4n) is 4.50. The molecule has 4 aromatic rings. The average molecular weight is 547 g/mol. The highest BCUT2D eigenvalue weighted by atomic mass is 31.2. The number of nitrogens with two attached hydrogens (primary N) is 1. The quantitative estimate of drug-likeness (QED) is 0.261. The predicted molar refractivity (Wildman–Crippen MR) is 128 cm³/mol. The van der Waals surface area contributed by atoms with Crippen LogP contribution in [-0.4, -0.2) is 63.8 Å². The minimum Gasteiger partial charge on any atom is -0.493 e. The monoisotopic (exact) mass is 547 g/mol. The Bertz CT molecular complexity index is 1640. The average Bonchev–Trinajstić information content (AvgIpc) is 3.48. The van der Waals surface area contributed by atoms with Gasteiger partial charge in [-0.1, -0.05) is 0 Å². The number of nitrogen functional groups attached to an aromatic ring is 1. The number of nitrogens with zero attached hydrogens (tertiary/aromatic N) is 4. The summed E-state index contributed by atoms with van der Waals surface area (Å²) in [7, 11) is -1.25. The number of hydrogen-bond acceptors (Lipinski definition) is 14. The Labute approximate surface area is 213 Å². The molecular formula is C22H22N5O10P. The zero-order chi connectivity index (χ0) is 26.6. The van der Waals surface area contributed by atoms with Gasteiger partial charge in [-0.3, -0.25) is 18.1 Å². The minimum absolute atomic E-state index is 0.176. The number of aliphatic hydroxyl groups is 1. The van der Waals surface area contributed by atoms with Gasteiger partial charge >= 0.3 is 13.4 Å². The van der Waals surface area contributed by atoms with E-state index in [1.165, 1.54) is 43.6 Å². The molecule has 5 heterocycles. The van der Waals surface area contributed by atoms with Gasteiger partial charge in [-0.15, -0.1) is 0 Å². The molecule has 3 aromatic heterocycles. The summed E-state index contributed by atoms with van der Waals surface area (Å²) in [6, 6.07) is 4.31. The van der Waals surface area contributed by atoms with Gasteiger partial charge in [-0.2, -0.15) is 0 Å². The zero-order valence-electron chi connectivity index (χ0n) is 20.0. The summed E-state index contributed by atoms with van der Waals surface area (Å²) in [4.78, 5) is 24.4. The highest BCUT2D eigenvalue weighted by Gasteiger charge is 2.53. The molecule has 0 radical (unpaired) electrons. The van der Waals surface area contributed by atoms with Gasteiger partial charge in [0.2, 0.25) is 0 Å². The summed E-state index contributed by atoms with van der Waals surface area (Å²) in [5.74, 6) is 0.935. The van der Waals surface area contributed by atoms with Crippen molar-refractivity contribution < 1.29 is 41.9 Å². The third kappa shape index (κ3) is 4.09. The van der Waals surface area contributed by atoms with Gasteiger partial charge in [0.15, 0.2) is 29.2 Å². The molecule has 15 nitrogen and oxygen atoms in total. The lowest BCUT2D eigenvalue weighted by molar-refractivity contribution is -0.0714. The van der Waals surface area contributed by atoms with Crippen LogP contribution in [-0.2, 0) is 29.5 Å². The second-order valence-corrected chi connectivity index (χ2v) is 10.1. The fraction of sp³-hybridized carbons (Fsp3) is 0.364. The molecule has 6 rings (SSSR count). The summed E-state index contributed by atoms with van der Waals surface area (Å²) in [6.45, 7) is -0.503. The molecule has 2 aliphatic heterocycles. The second kappa shape index (κ2) is 9.31. The molecule has 0 bridgehead atoms. The van der Waals surface area contributed by atoms with E-state index in [9.17, 15) is 14.5 Å². The normalized spacial score (nSPS) is 27.0. The molecule has 16 heteroatoms. The van der Waals surface area contributed by atoms with Crippen molar-refractivity contribution in [2.24, 2.45) is 0 Å².